The first-order chi connectivity index (χ1) is 14.1. The number of aliphatic hydroxyl groups is 1. The molecule has 29 heavy (non-hydrogen) atoms. The van der Waals surface area contributed by atoms with Gasteiger partial charge in [0.1, 0.15) is 0 Å². The van der Waals surface area contributed by atoms with Gasteiger partial charge < -0.3 is 9.84 Å². The monoisotopic (exact) mass is 402 g/mol. The molecule has 1 saturated carbocycles. The highest BCUT2D eigenvalue weighted by atomic mass is 16.5. The highest BCUT2D eigenvalue weighted by Crippen LogP contribution is 2.31. The topological polar surface area (TPSA) is 70.1 Å². The summed E-state index contributed by atoms with van der Waals surface area (Å²) in [6.45, 7) is 2.20. The molecule has 0 aromatic heterocycles. The van der Waals surface area contributed by atoms with Crippen LogP contribution in [0.3, 0.4) is 0 Å². The first-order valence-corrected chi connectivity index (χ1v) is 11.0. The molecule has 1 atom stereocenters. The van der Waals surface area contributed by atoms with Crippen LogP contribution in [0, 0.1) is 5.92 Å². The van der Waals surface area contributed by atoms with Crippen LogP contribution in [0.15, 0.2) is 24.3 Å². The third-order valence-electron chi connectivity index (χ3n) is 6.28. The Kier molecular flexibility index (Phi) is 8.07. The Morgan fingerprint density at radius 3 is 2.59 bits per heavy atom. The van der Waals surface area contributed by atoms with Crippen molar-refractivity contribution in [1.82, 2.24) is 10.0 Å². The van der Waals surface area contributed by atoms with E-state index in [4.69, 9.17) is 4.74 Å². The molecule has 1 aromatic rings. The number of carbonyl (C=O) groups excluding carboxylic acids is 2. The molecule has 2 fully saturated rings. The second kappa shape index (κ2) is 10.7. The molecule has 6 nitrogen and oxygen atoms in total. The van der Waals surface area contributed by atoms with Crippen molar-refractivity contribution in [2.24, 2.45) is 5.92 Å². The molecular weight excluding hydrogens is 368 g/mol. The molecule has 1 aliphatic carbocycles. The van der Waals surface area contributed by atoms with Crippen LogP contribution in [0.5, 0.6) is 0 Å². The van der Waals surface area contributed by atoms with Gasteiger partial charge >= 0.3 is 5.97 Å². The van der Waals surface area contributed by atoms with Gasteiger partial charge in [-0.1, -0.05) is 31.4 Å². The summed E-state index contributed by atoms with van der Waals surface area (Å²) in [6, 6.07) is 7.34. The Balaban J connectivity index is 1.47. The van der Waals surface area contributed by atoms with Crippen molar-refractivity contribution in [3.8, 4) is 0 Å². The van der Waals surface area contributed by atoms with Gasteiger partial charge in [0.15, 0.2) is 0 Å². The fourth-order valence-corrected chi connectivity index (χ4v) is 4.13. The minimum Gasteiger partial charge on any atom is -0.465 e. The number of ether oxygens (including phenoxy) is 1. The van der Waals surface area contributed by atoms with Crippen molar-refractivity contribution < 1.29 is 19.4 Å². The lowest BCUT2D eigenvalue weighted by Crippen LogP contribution is -2.52. The molecule has 2 aliphatic rings. The van der Waals surface area contributed by atoms with Gasteiger partial charge in [0.25, 0.3) is 0 Å². The van der Waals surface area contributed by atoms with Crippen LogP contribution >= 0.6 is 0 Å². The van der Waals surface area contributed by atoms with E-state index in [2.05, 4.69) is 5.01 Å². The molecule has 1 heterocycles. The van der Waals surface area contributed by atoms with E-state index < -0.39 is 0 Å². The van der Waals surface area contributed by atoms with Crippen molar-refractivity contribution in [3.05, 3.63) is 35.4 Å². The van der Waals surface area contributed by atoms with E-state index >= 15 is 0 Å². The molecule has 1 amide bonds. The van der Waals surface area contributed by atoms with Gasteiger partial charge in [-0.3, -0.25) is 9.80 Å². The van der Waals surface area contributed by atoms with E-state index in [1.807, 2.05) is 17.1 Å². The number of hydrogen-bond donors (Lipinski definition) is 1. The Bertz CT molecular complexity index is 672. The third-order valence-corrected chi connectivity index (χ3v) is 6.28. The van der Waals surface area contributed by atoms with Crippen molar-refractivity contribution in [3.63, 3.8) is 0 Å². The minimum atomic E-state index is -0.343. The highest BCUT2D eigenvalue weighted by molar-refractivity contribution is 5.89. The number of methoxy groups -OCH3 is 1. The van der Waals surface area contributed by atoms with Crippen LogP contribution in [0.25, 0.3) is 0 Å². The first-order valence-electron chi connectivity index (χ1n) is 11.0. The van der Waals surface area contributed by atoms with E-state index in [0.717, 1.165) is 50.3 Å². The third kappa shape index (κ3) is 6.28. The molecule has 1 saturated heterocycles. The molecule has 1 unspecified atom stereocenters. The van der Waals surface area contributed by atoms with Gasteiger partial charge in [-0.15, -0.1) is 0 Å². The quantitative estimate of drug-likeness (QED) is 0.609. The van der Waals surface area contributed by atoms with Crippen LogP contribution < -0.4 is 0 Å². The summed E-state index contributed by atoms with van der Waals surface area (Å²) in [7, 11) is 1.37. The van der Waals surface area contributed by atoms with Crippen LogP contribution in [0.4, 0.5) is 0 Å². The molecule has 0 bridgehead atoms. The summed E-state index contributed by atoms with van der Waals surface area (Å²) in [5.74, 6) is 0.638. The normalized spacial score (nSPS) is 19.1. The average molecular weight is 403 g/mol. The van der Waals surface area contributed by atoms with Gasteiger partial charge in [0, 0.05) is 26.1 Å². The fraction of sp³-hybridized carbons (Fsp3) is 0.652. The van der Waals surface area contributed by atoms with Gasteiger partial charge in [-0.05, 0) is 55.7 Å². The summed E-state index contributed by atoms with van der Waals surface area (Å²) < 4.78 is 4.73. The number of carbonyl (C=O) groups is 2. The molecule has 1 N–H and O–H groups in total. The summed E-state index contributed by atoms with van der Waals surface area (Å²) in [6.07, 6.45) is 8.62. The molecule has 0 spiro atoms. The summed E-state index contributed by atoms with van der Waals surface area (Å²) in [5.41, 5.74) is 1.61. The largest absolute Gasteiger partial charge is 0.465 e. The number of rotatable bonds is 10. The van der Waals surface area contributed by atoms with Crippen molar-refractivity contribution in [1.29, 1.82) is 0 Å². The lowest BCUT2D eigenvalue weighted by atomic mass is 9.81. The second-order valence-corrected chi connectivity index (χ2v) is 8.33. The van der Waals surface area contributed by atoms with Gasteiger partial charge in [-0.2, -0.15) is 0 Å². The van der Waals surface area contributed by atoms with Crippen LogP contribution in [-0.4, -0.2) is 59.8 Å². The van der Waals surface area contributed by atoms with Gasteiger partial charge in [0.2, 0.25) is 5.91 Å². The molecule has 0 radical (unpaired) electrons. The maximum atomic E-state index is 12.5. The van der Waals surface area contributed by atoms with Crippen molar-refractivity contribution >= 4 is 11.9 Å². The number of hydrazine groups is 1. The molecule has 160 valence electrons. The van der Waals surface area contributed by atoms with E-state index in [-0.39, 0.29) is 18.0 Å². The number of benzene rings is 1. The lowest BCUT2D eigenvalue weighted by Gasteiger charge is -2.39. The predicted molar refractivity (Wildman–Crippen MR) is 111 cm³/mol. The van der Waals surface area contributed by atoms with E-state index in [0.29, 0.717) is 24.9 Å². The van der Waals surface area contributed by atoms with E-state index in [9.17, 15) is 14.7 Å². The summed E-state index contributed by atoms with van der Waals surface area (Å²) in [5, 5.41) is 14.3. The Labute approximate surface area is 173 Å². The van der Waals surface area contributed by atoms with Crippen molar-refractivity contribution in [2.75, 3.05) is 26.7 Å². The SMILES string of the molecule is COC(=O)c1ccc(CCN2C(=O)CCCN2CCC(O)CCC2CCC2)cc1. The number of hydrogen-bond acceptors (Lipinski definition) is 5. The number of aliphatic hydroxyl groups excluding tert-OH is 1. The molecule has 3 rings (SSSR count). The van der Waals surface area contributed by atoms with Crippen molar-refractivity contribution in [2.45, 2.75) is 63.9 Å². The summed E-state index contributed by atoms with van der Waals surface area (Å²) >= 11 is 0. The fourth-order valence-electron chi connectivity index (χ4n) is 4.13. The Hall–Kier alpha value is -1.92. The van der Waals surface area contributed by atoms with Gasteiger partial charge in [-0.25, -0.2) is 9.80 Å². The maximum Gasteiger partial charge on any atom is 0.337 e. The first kappa shape index (κ1) is 21.8. The second-order valence-electron chi connectivity index (χ2n) is 8.33. The van der Waals surface area contributed by atoms with Crippen LogP contribution in [-0.2, 0) is 16.0 Å². The van der Waals surface area contributed by atoms with E-state index in [1.165, 1.54) is 26.4 Å². The molecular formula is C23H34N2O4. The molecule has 1 aromatic carbocycles. The van der Waals surface area contributed by atoms with Crippen LogP contribution in [0.2, 0.25) is 0 Å². The Morgan fingerprint density at radius 2 is 1.93 bits per heavy atom. The maximum absolute atomic E-state index is 12.5. The van der Waals surface area contributed by atoms with Crippen LogP contribution in [0.1, 0.15) is 67.3 Å². The number of nitrogens with zero attached hydrogens (tertiary/aromatic N) is 2. The average Bonchev–Trinajstić information content (AvgIpc) is 2.70. The summed E-state index contributed by atoms with van der Waals surface area (Å²) in [4.78, 5) is 24.0. The lowest BCUT2D eigenvalue weighted by molar-refractivity contribution is -0.156. The molecule has 6 heteroatoms. The standard InChI is InChI=1S/C23H34N2O4/c1-29-23(28)20-10-7-19(8-11-20)13-17-25-22(27)6-3-15-24(25)16-14-21(26)12-9-18-4-2-5-18/h7-8,10-11,18,21,26H,2-6,9,12-17H2,1H3. The zero-order valence-electron chi connectivity index (χ0n) is 17.5. The number of esters is 1. The van der Waals surface area contributed by atoms with E-state index in [1.54, 1.807) is 12.1 Å². The zero-order chi connectivity index (χ0) is 20.6. The zero-order valence-corrected chi connectivity index (χ0v) is 17.5. The number of amides is 1. The molecule has 1 aliphatic heterocycles. The minimum absolute atomic E-state index is 0.159. The Morgan fingerprint density at radius 1 is 1.17 bits per heavy atom. The highest BCUT2D eigenvalue weighted by Gasteiger charge is 2.26. The predicted octanol–water partition coefficient (Wildman–Crippen LogP) is 3.19. The smallest absolute Gasteiger partial charge is 0.337 e. The van der Waals surface area contributed by atoms with Gasteiger partial charge in [0.05, 0.1) is 18.8 Å².